The standard InChI is InChI=1S/C20H26N8O2/c29-20(21-15-17-4-6-18(7-5-17)27-10-2-8-22-27)3-1-9-28-19(23-24-25-28)16-26-11-13-30-14-12-26/h2,4-8,10H,1,3,9,11-16H2,(H,21,29). The van der Waals surface area contributed by atoms with Gasteiger partial charge in [0.1, 0.15) is 0 Å². The van der Waals surface area contributed by atoms with Crippen LogP contribution in [0.25, 0.3) is 5.69 Å². The number of aryl methyl sites for hydroxylation is 1. The molecule has 1 aliphatic heterocycles. The lowest BCUT2D eigenvalue weighted by atomic mass is 10.2. The van der Waals surface area contributed by atoms with Gasteiger partial charge in [-0.15, -0.1) is 5.10 Å². The normalized spacial score (nSPS) is 14.7. The number of nitrogens with zero attached hydrogens (tertiary/aromatic N) is 7. The van der Waals surface area contributed by atoms with Crippen LogP contribution in [0.4, 0.5) is 0 Å². The Morgan fingerprint density at radius 1 is 1.17 bits per heavy atom. The van der Waals surface area contributed by atoms with E-state index in [1.807, 2.05) is 36.5 Å². The Morgan fingerprint density at radius 2 is 2.00 bits per heavy atom. The molecule has 4 rings (SSSR count). The molecule has 1 aliphatic rings. The zero-order chi connectivity index (χ0) is 20.6. The molecular weight excluding hydrogens is 384 g/mol. The van der Waals surface area contributed by atoms with Crippen molar-refractivity contribution in [1.82, 2.24) is 40.2 Å². The molecule has 0 spiro atoms. The van der Waals surface area contributed by atoms with Gasteiger partial charge >= 0.3 is 0 Å². The van der Waals surface area contributed by atoms with E-state index in [2.05, 4.69) is 30.8 Å². The third-order valence-electron chi connectivity index (χ3n) is 5.04. The van der Waals surface area contributed by atoms with Crippen molar-refractivity contribution in [3.8, 4) is 5.69 Å². The summed E-state index contributed by atoms with van der Waals surface area (Å²) in [6.07, 6.45) is 4.76. The summed E-state index contributed by atoms with van der Waals surface area (Å²) in [5.74, 6) is 0.850. The highest BCUT2D eigenvalue weighted by Crippen LogP contribution is 2.09. The van der Waals surface area contributed by atoms with E-state index >= 15 is 0 Å². The number of hydrogen-bond donors (Lipinski definition) is 1. The molecule has 1 saturated heterocycles. The summed E-state index contributed by atoms with van der Waals surface area (Å²) in [4.78, 5) is 14.5. The molecule has 158 valence electrons. The Kier molecular flexibility index (Phi) is 6.78. The van der Waals surface area contributed by atoms with Gasteiger partial charge in [-0.3, -0.25) is 9.69 Å². The largest absolute Gasteiger partial charge is 0.379 e. The van der Waals surface area contributed by atoms with Crippen molar-refractivity contribution < 1.29 is 9.53 Å². The number of rotatable bonds is 9. The predicted molar refractivity (Wildman–Crippen MR) is 109 cm³/mol. The first-order chi connectivity index (χ1) is 14.8. The van der Waals surface area contributed by atoms with E-state index in [9.17, 15) is 4.79 Å². The molecule has 2 aromatic heterocycles. The smallest absolute Gasteiger partial charge is 0.220 e. The van der Waals surface area contributed by atoms with Crippen LogP contribution in [-0.2, 0) is 29.2 Å². The molecule has 0 saturated carbocycles. The molecule has 1 fully saturated rings. The summed E-state index contributed by atoms with van der Waals surface area (Å²) in [6.45, 7) is 5.10. The Labute approximate surface area is 174 Å². The van der Waals surface area contributed by atoms with Crippen molar-refractivity contribution >= 4 is 5.91 Å². The molecule has 0 radical (unpaired) electrons. The fraction of sp³-hybridized carbons (Fsp3) is 0.450. The van der Waals surface area contributed by atoms with Crippen LogP contribution in [0.1, 0.15) is 24.2 Å². The number of tetrazole rings is 1. The van der Waals surface area contributed by atoms with E-state index in [1.165, 1.54) is 0 Å². The maximum atomic E-state index is 12.2. The lowest BCUT2D eigenvalue weighted by Crippen LogP contribution is -2.36. The predicted octanol–water partition coefficient (Wildman–Crippen LogP) is 0.788. The highest BCUT2D eigenvalue weighted by Gasteiger charge is 2.15. The van der Waals surface area contributed by atoms with Gasteiger partial charge in [-0.2, -0.15) is 5.10 Å². The second kappa shape index (κ2) is 10.1. The van der Waals surface area contributed by atoms with E-state index in [1.54, 1.807) is 15.6 Å². The monoisotopic (exact) mass is 410 g/mol. The molecular formula is C20H26N8O2. The lowest BCUT2D eigenvalue weighted by Gasteiger charge is -2.25. The number of carbonyl (C=O) groups is 1. The maximum Gasteiger partial charge on any atom is 0.220 e. The van der Waals surface area contributed by atoms with Crippen molar-refractivity contribution in [3.05, 3.63) is 54.1 Å². The Bertz CT molecular complexity index is 917. The van der Waals surface area contributed by atoms with Crippen LogP contribution in [0.15, 0.2) is 42.7 Å². The van der Waals surface area contributed by atoms with Crippen LogP contribution in [0.2, 0.25) is 0 Å². The molecule has 1 aromatic carbocycles. The Morgan fingerprint density at radius 3 is 2.77 bits per heavy atom. The van der Waals surface area contributed by atoms with Gasteiger partial charge in [0.15, 0.2) is 5.82 Å². The third-order valence-corrected chi connectivity index (χ3v) is 5.04. The van der Waals surface area contributed by atoms with Crippen LogP contribution in [0.5, 0.6) is 0 Å². The molecule has 0 aliphatic carbocycles. The Balaban J connectivity index is 1.18. The number of benzene rings is 1. The summed E-state index contributed by atoms with van der Waals surface area (Å²) >= 11 is 0. The zero-order valence-corrected chi connectivity index (χ0v) is 16.9. The highest BCUT2D eigenvalue weighted by molar-refractivity contribution is 5.75. The van der Waals surface area contributed by atoms with Crippen molar-refractivity contribution in [2.45, 2.75) is 32.5 Å². The molecule has 1 N–H and O–H groups in total. The number of ether oxygens (including phenoxy) is 1. The average molecular weight is 410 g/mol. The number of nitrogens with one attached hydrogen (secondary N) is 1. The summed E-state index contributed by atoms with van der Waals surface area (Å²) in [7, 11) is 0. The second-order valence-corrected chi connectivity index (χ2v) is 7.20. The first-order valence-corrected chi connectivity index (χ1v) is 10.2. The molecule has 10 nitrogen and oxygen atoms in total. The number of hydrogen-bond acceptors (Lipinski definition) is 7. The van der Waals surface area contributed by atoms with Crippen molar-refractivity contribution in [1.29, 1.82) is 0 Å². The van der Waals surface area contributed by atoms with Crippen LogP contribution < -0.4 is 5.32 Å². The molecule has 30 heavy (non-hydrogen) atoms. The van der Waals surface area contributed by atoms with Crippen molar-refractivity contribution in [2.24, 2.45) is 0 Å². The summed E-state index contributed by atoms with van der Waals surface area (Å²) in [6, 6.07) is 9.85. The first kappa shape index (κ1) is 20.2. The Hall–Kier alpha value is -3.11. The topological polar surface area (TPSA) is 103 Å². The first-order valence-electron chi connectivity index (χ1n) is 10.2. The van der Waals surface area contributed by atoms with E-state index in [4.69, 9.17) is 4.74 Å². The minimum absolute atomic E-state index is 0.0222. The molecule has 0 bridgehead atoms. The molecule has 10 heteroatoms. The molecule has 3 aromatic rings. The summed E-state index contributed by atoms with van der Waals surface area (Å²) < 4.78 is 8.96. The van der Waals surface area contributed by atoms with Crippen LogP contribution >= 0.6 is 0 Å². The van der Waals surface area contributed by atoms with Gasteiger partial charge in [0.05, 0.1) is 25.4 Å². The van der Waals surface area contributed by atoms with Crippen LogP contribution in [0.3, 0.4) is 0 Å². The van der Waals surface area contributed by atoms with Crippen molar-refractivity contribution in [3.63, 3.8) is 0 Å². The van der Waals surface area contributed by atoms with Gasteiger partial charge in [0.2, 0.25) is 5.91 Å². The number of aromatic nitrogens is 6. The summed E-state index contributed by atoms with van der Waals surface area (Å²) in [5, 5.41) is 19.1. The average Bonchev–Trinajstić information content (AvgIpc) is 3.46. The minimum Gasteiger partial charge on any atom is -0.379 e. The molecule has 0 unspecified atom stereocenters. The fourth-order valence-electron chi connectivity index (χ4n) is 3.34. The highest BCUT2D eigenvalue weighted by atomic mass is 16.5. The zero-order valence-electron chi connectivity index (χ0n) is 16.9. The van der Waals surface area contributed by atoms with Gasteiger partial charge in [0, 0.05) is 45.0 Å². The van der Waals surface area contributed by atoms with Gasteiger partial charge < -0.3 is 10.1 Å². The SMILES string of the molecule is O=C(CCCn1nnnc1CN1CCOCC1)NCc1ccc(-n2cccn2)cc1. The van der Waals surface area contributed by atoms with Gasteiger partial charge in [0.25, 0.3) is 0 Å². The lowest BCUT2D eigenvalue weighted by molar-refractivity contribution is -0.121. The number of carbonyl (C=O) groups excluding carboxylic acids is 1. The minimum atomic E-state index is 0.0222. The molecule has 1 amide bonds. The quantitative estimate of drug-likeness (QED) is 0.556. The maximum absolute atomic E-state index is 12.2. The van der Waals surface area contributed by atoms with E-state index in [-0.39, 0.29) is 5.91 Å². The summed E-state index contributed by atoms with van der Waals surface area (Å²) in [5.41, 5.74) is 2.04. The van der Waals surface area contributed by atoms with E-state index in [0.717, 1.165) is 43.4 Å². The van der Waals surface area contributed by atoms with Gasteiger partial charge in [-0.25, -0.2) is 9.36 Å². The number of morpholine rings is 1. The van der Waals surface area contributed by atoms with Gasteiger partial charge in [-0.05, 0) is 40.6 Å². The van der Waals surface area contributed by atoms with Crippen LogP contribution in [-0.4, -0.2) is 67.1 Å². The van der Waals surface area contributed by atoms with Crippen molar-refractivity contribution in [2.75, 3.05) is 26.3 Å². The van der Waals surface area contributed by atoms with Gasteiger partial charge in [-0.1, -0.05) is 12.1 Å². The number of amides is 1. The fourth-order valence-corrected chi connectivity index (χ4v) is 3.34. The van der Waals surface area contributed by atoms with E-state index in [0.29, 0.717) is 32.5 Å². The van der Waals surface area contributed by atoms with E-state index < -0.39 is 0 Å². The van der Waals surface area contributed by atoms with Crippen LogP contribution in [0, 0.1) is 0 Å². The molecule has 3 heterocycles. The second-order valence-electron chi connectivity index (χ2n) is 7.20. The molecule has 0 atom stereocenters. The third kappa shape index (κ3) is 5.49.